The Morgan fingerprint density at radius 1 is 0.913 bits per heavy atom. The van der Waals surface area contributed by atoms with Crippen LogP contribution in [0.5, 0.6) is 0 Å². The largest absolute Gasteiger partial charge is 0.354 e. The standard InChI is InChI=1S/C19H22N2O2/c1-14-10-15(2)12-17(11-14)19(23)21-13-18(22)20-9-8-16-6-4-3-5-7-16/h3-7,10-12H,8-9,13H2,1-2H3,(H,20,22)(H,21,23). The molecule has 4 nitrogen and oxygen atoms in total. The summed E-state index contributed by atoms with van der Waals surface area (Å²) in [7, 11) is 0. The van der Waals surface area contributed by atoms with E-state index in [9.17, 15) is 9.59 Å². The Bertz CT molecular complexity index is 661. The van der Waals surface area contributed by atoms with E-state index >= 15 is 0 Å². The first-order valence-corrected chi connectivity index (χ1v) is 7.72. The molecule has 0 aromatic heterocycles. The van der Waals surface area contributed by atoms with Crippen LogP contribution >= 0.6 is 0 Å². The fraction of sp³-hybridized carbons (Fsp3) is 0.263. The van der Waals surface area contributed by atoms with Gasteiger partial charge >= 0.3 is 0 Å². The second-order valence-corrected chi connectivity index (χ2v) is 5.64. The Morgan fingerprint density at radius 2 is 1.57 bits per heavy atom. The van der Waals surface area contributed by atoms with Crippen molar-refractivity contribution < 1.29 is 9.59 Å². The van der Waals surface area contributed by atoms with Crippen LogP contribution in [0.15, 0.2) is 48.5 Å². The summed E-state index contributed by atoms with van der Waals surface area (Å²) in [5, 5.41) is 5.46. The van der Waals surface area contributed by atoms with E-state index in [0.29, 0.717) is 12.1 Å². The van der Waals surface area contributed by atoms with E-state index in [4.69, 9.17) is 0 Å². The predicted molar refractivity (Wildman–Crippen MR) is 91.4 cm³/mol. The summed E-state index contributed by atoms with van der Waals surface area (Å²) < 4.78 is 0. The molecule has 0 heterocycles. The third kappa shape index (κ3) is 5.58. The van der Waals surface area contributed by atoms with Gasteiger partial charge in [-0.15, -0.1) is 0 Å². The highest BCUT2D eigenvalue weighted by atomic mass is 16.2. The van der Waals surface area contributed by atoms with Gasteiger partial charge in [-0.05, 0) is 38.0 Å². The number of rotatable bonds is 6. The second kappa shape index (κ2) is 8.13. The van der Waals surface area contributed by atoms with Crippen molar-refractivity contribution in [1.29, 1.82) is 0 Å². The van der Waals surface area contributed by atoms with Gasteiger partial charge in [-0.2, -0.15) is 0 Å². The molecule has 2 rings (SSSR count). The first-order chi connectivity index (χ1) is 11.0. The van der Waals surface area contributed by atoms with Crippen molar-refractivity contribution in [2.45, 2.75) is 20.3 Å². The molecule has 0 saturated heterocycles. The van der Waals surface area contributed by atoms with Gasteiger partial charge in [0.1, 0.15) is 0 Å². The lowest BCUT2D eigenvalue weighted by molar-refractivity contribution is -0.120. The number of nitrogens with one attached hydrogen (secondary N) is 2. The quantitative estimate of drug-likeness (QED) is 0.861. The number of amides is 2. The van der Waals surface area contributed by atoms with E-state index in [-0.39, 0.29) is 18.4 Å². The Balaban J connectivity index is 1.74. The highest BCUT2D eigenvalue weighted by molar-refractivity contribution is 5.96. The Kier molecular flexibility index (Phi) is 5.92. The van der Waals surface area contributed by atoms with Crippen LogP contribution in [0, 0.1) is 13.8 Å². The van der Waals surface area contributed by atoms with Gasteiger partial charge in [-0.1, -0.05) is 47.5 Å². The molecule has 2 aromatic carbocycles. The van der Waals surface area contributed by atoms with Crippen molar-refractivity contribution in [2.24, 2.45) is 0 Å². The molecule has 2 N–H and O–H groups in total. The van der Waals surface area contributed by atoms with Gasteiger partial charge in [0.2, 0.25) is 5.91 Å². The van der Waals surface area contributed by atoms with Crippen LogP contribution in [0.2, 0.25) is 0 Å². The molecule has 0 aliphatic heterocycles. The van der Waals surface area contributed by atoms with Gasteiger partial charge < -0.3 is 10.6 Å². The smallest absolute Gasteiger partial charge is 0.251 e. The zero-order valence-corrected chi connectivity index (χ0v) is 13.6. The predicted octanol–water partition coefficient (Wildman–Crippen LogP) is 2.39. The summed E-state index contributed by atoms with van der Waals surface area (Å²) in [5.41, 5.74) is 3.82. The second-order valence-electron chi connectivity index (χ2n) is 5.64. The number of hydrogen-bond acceptors (Lipinski definition) is 2. The zero-order chi connectivity index (χ0) is 16.7. The fourth-order valence-electron chi connectivity index (χ4n) is 2.42. The minimum Gasteiger partial charge on any atom is -0.354 e. The SMILES string of the molecule is Cc1cc(C)cc(C(=O)NCC(=O)NCCc2ccccc2)c1. The van der Waals surface area contributed by atoms with Crippen molar-refractivity contribution in [3.63, 3.8) is 0 Å². The molecular weight excluding hydrogens is 288 g/mol. The third-order valence-electron chi connectivity index (χ3n) is 3.47. The lowest BCUT2D eigenvalue weighted by Gasteiger charge is -2.08. The lowest BCUT2D eigenvalue weighted by atomic mass is 10.1. The van der Waals surface area contributed by atoms with Crippen LogP contribution in [-0.4, -0.2) is 24.9 Å². The van der Waals surface area contributed by atoms with Crippen LogP contribution in [0.4, 0.5) is 0 Å². The van der Waals surface area contributed by atoms with E-state index < -0.39 is 0 Å². The fourth-order valence-corrected chi connectivity index (χ4v) is 2.42. The summed E-state index contributed by atoms with van der Waals surface area (Å²) in [6.45, 7) is 4.43. The number of carbonyl (C=O) groups is 2. The van der Waals surface area contributed by atoms with Crippen molar-refractivity contribution in [3.8, 4) is 0 Å². The molecule has 0 spiro atoms. The average molecular weight is 310 g/mol. The van der Waals surface area contributed by atoms with E-state index in [2.05, 4.69) is 10.6 Å². The van der Waals surface area contributed by atoms with Gasteiger partial charge in [0.05, 0.1) is 6.54 Å². The van der Waals surface area contributed by atoms with Gasteiger partial charge in [-0.25, -0.2) is 0 Å². The van der Waals surface area contributed by atoms with Gasteiger partial charge in [0.25, 0.3) is 5.91 Å². The molecule has 0 atom stereocenters. The van der Waals surface area contributed by atoms with Crippen molar-refractivity contribution >= 4 is 11.8 Å². The zero-order valence-electron chi connectivity index (χ0n) is 13.6. The monoisotopic (exact) mass is 310 g/mol. The molecule has 0 aliphatic carbocycles. The lowest BCUT2D eigenvalue weighted by Crippen LogP contribution is -2.37. The van der Waals surface area contributed by atoms with E-state index in [0.717, 1.165) is 17.5 Å². The summed E-state index contributed by atoms with van der Waals surface area (Å²) in [6, 6.07) is 15.6. The topological polar surface area (TPSA) is 58.2 Å². The first-order valence-electron chi connectivity index (χ1n) is 7.72. The molecule has 4 heteroatoms. The van der Waals surface area contributed by atoms with Gasteiger partial charge in [-0.3, -0.25) is 9.59 Å². The van der Waals surface area contributed by atoms with Crippen LogP contribution < -0.4 is 10.6 Å². The maximum absolute atomic E-state index is 12.1. The van der Waals surface area contributed by atoms with Crippen molar-refractivity contribution in [3.05, 3.63) is 70.8 Å². The number of benzene rings is 2. The maximum Gasteiger partial charge on any atom is 0.251 e. The number of aryl methyl sites for hydroxylation is 2. The molecule has 0 unspecified atom stereocenters. The maximum atomic E-state index is 12.1. The first kappa shape index (κ1) is 16.7. The number of hydrogen-bond donors (Lipinski definition) is 2. The molecule has 0 saturated carbocycles. The summed E-state index contributed by atoms with van der Waals surface area (Å²) in [6.07, 6.45) is 0.775. The van der Waals surface area contributed by atoms with Crippen LogP contribution in [-0.2, 0) is 11.2 Å². The molecule has 23 heavy (non-hydrogen) atoms. The molecule has 0 radical (unpaired) electrons. The Labute approximate surface area is 136 Å². The summed E-state index contributed by atoms with van der Waals surface area (Å²) in [5.74, 6) is -0.409. The van der Waals surface area contributed by atoms with Gasteiger partial charge in [0, 0.05) is 12.1 Å². The van der Waals surface area contributed by atoms with Crippen LogP contribution in [0.1, 0.15) is 27.0 Å². The third-order valence-corrected chi connectivity index (χ3v) is 3.47. The van der Waals surface area contributed by atoms with Crippen LogP contribution in [0.3, 0.4) is 0 Å². The minimum atomic E-state index is -0.227. The molecular formula is C19H22N2O2. The average Bonchev–Trinajstić information content (AvgIpc) is 2.52. The molecule has 2 aromatic rings. The highest BCUT2D eigenvalue weighted by Crippen LogP contribution is 2.08. The van der Waals surface area contributed by atoms with Crippen LogP contribution in [0.25, 0.3) is 0 Å². The van der Waals surface area contributed by atoms with E-state index in [1.807, 2.05) is 62.4 Å². The van der Waals surface area contributed by atoms with Gasteiger partial charge in [0.15, 0.2) is 0 Å². The highest BCUT2D eigenvalue weighted by Gasteiger charge is 2.08. The van der Waals surface area contributed by atoms with E-state index in [1.165, 1.54) is 5.56 Å². The molecule has 0 bridgehead atoms. The summed E-state index contributed by atoms with van der Waals surface area (Å²) >= 11 is 0. The molecule has 0 aliphatic rings. The Morgan fingerprint density at radius 3 is 2.22 bits per heavy atom. The van der Waals surface area contributed by atoms with Crippen molar-refractivity contribution in [1.82, 2.24) is 10.6 Å². The molecule has 120 valence electrons. The number of carbonyl (C=O) groups excluding carboxylic acids is 2. The normalized spacial score (nSPS) is 10.2. The Hall–Kier alpha value is -2.62. The van der Waals surface area contributed by atoms with E-state index in [1.54, 1.807) is 0 Å². The molecule has 0 fully saturated rings. The summed E-state index contributed by atoms with van der Waals surface area (Å²) in [4.78, 5) is 23.8. The minimum absolute atomic E-state index is 0.0133. The molecule has 2 amide bonds. The van der Waals surface area contributed by atoms with Crippen molar-refractivity contribution in [2.75, 3.05) is 13.1 Å².